The van der Waals surface area contributed by atoms with Crippen molar-refractivity contribution in [2.45, 2.75) is 38.1 Å². The molecule has 0 amide bonds. The average molecular weight is 396 g/mol. The van der Waals surface area contributed by atoms with Crippen LogP contribution in [0.25, 0.3) is 16.8 Å². The maximum Gasteiger partial charge on any atom is 0.154 e. The van der Waals surface area contributed by atoms with Gasteiger partial charge in [-0.25, -0.2) is 9.50 Å². The van der Waals surface area contributed by atoms with Crippen LogP contribution < -0.4 is 4.90 Å². The topological polar surface area (TPSA) is 36.7 Å². The third kappa shape index (κ3) is 3.49. The molecule has 1 aromatic carbocycles. The van der Waals surface area contributed by atoms with E-state index in [1.165, 1.54) is 45.2 Å². The number of rotatable bonds is 3. The molecule has 0 N–H and O–H groups in total. The summed E-state index contributed by atoms with van der Waals surface area (Å²) in [4.78, 5) is 9.87. The SMILES string of the molecule is Clc1ccc(-c2cc3c(N4CCC(N5CCCCC5)CC4)nccn3n2)cc1. The van der Waals surface area contributed by atoms with Gasteiger partial charge in [0.05, 0.1) is 5.69 Å². The van der Waals surface area contributed by atoms with Crippen LogP contribution in [0, 0.1) is 0 Å². The van der Waals surface area contributed by atoms with Gasteiger partial charge in [-0.05, 0) is 57.0 Å². The summed E-state index contributed by atoms with van der Waals surface area (Å²) in [6, 6.07) is 10.7. The molecule has 0 unspecified atom stereocenters. The highest BCUT2D eigenvalue weighted by Gasteiger charge is 2.27. The minimum absolute atomic E-state index is 0.742. The second-order valence-corrected chi connectivity index (χ2v) is 8.37. The van der Waals surface area contributed by atoms with E-state index in [2.05, 4.69) is 15.9 Å². The molecule has 0 saturated carbocycles. The predicted octanol–water partition coefficient (Wildman–Crippen LogP) is 4.50. The van der Waals surface area contributed by atoms with Crippen LogP contribution in [0.4, 0.5) is 5.82 Å². The molecule has 0 atom stereocenters. The van der Waals surface area contributed by atoms with E-state index in [0.29, 0.717) is 0 Å². The maximum absolute atomic E-state index is 6.03. The lowest BCUT2D eigenvalue weighted by Crippen LogP contribution is -2.47. The highest BCUT2D eigenvalue weighted by molar-refractivity contribution is 6.30. The summed E-state index contributed by atoms with van der Waals surface area (Å²) in [5.41, 5.74) is 3.10. The first-order valence-corrected chi connectivity index (χ1v) is 10.7. The van der Waals surface area contributed by atoms with Crippen LogP contribution in [0.1, 0.15) is 32.1 Å². The lowest BCUT2D eigenvalue weighted by Gasteiger charge is -2.40. The van der Waals surface area contributed by atoms with Crippen molar-refractivity contribution in [2.75, 3.05) is 31.1 Å². The van der Waals surface area contributed by atoms with E-state index >= 15 is 0 Å². The van der Waals surface area contributed by atoms with E-state index in [4.69, 9.17) is 21.7 Å². The lowest BCUT2D eigenvalue weighted by atomic mass is 10.00. The summed E-state index contributed by atoms with van der Waals surface area (Å²) in [5, 5.41) is 5.50. The number of piperidine rings is 2. The molecular weight excluding hydrogens is 370 g/mol. The number of fused-ring (bicyclic) bond motifs is 1. The van der Waals surface area contributed by atoms with E-state index in [0.717, 1.165) is 46.7 Å². The first-order valence-electron chi connectivity index (χ1n) is 10.4. The zero-order chi connectivity index (χ0) is 18.9. The van der Waals surface area contributed by atoms with Gasteiger partial charge in [0.15, 0.2) is 5.82 Å². The maximum atomic E-state index is 6.03. The Hall–Kier alpha value is -2.11. The average Bonchev–Trinajstić information content (AvgIpc) is 3.19. The number of hydrogen-bond donors (Lipinski definition) is 0. The third-order valence-electron chi connectivity index (χ3n) is 6.18. The molecule has 4 heterocycles. The van der Waals surface area contributed by atoms with E-state index in [9.17, 15) is 0 Å². The van der Waals surface area contributed by atoms with Gasteiger partial charge in [0.1, 0.15) is 5.52 Å². The molecule has 146 valence electrons. The number of benzene rings is 1. The minimum Gasteiger partial charge on any atom is -0.355 e. The lowest BCUT2D eigenvalue weighted by molar-refractivity contribution is 0.141. The van der Waals surface area contributed by atoms with Crippen molar-refractivity contribution < 1.29 is 0 Å². The normalized spacial score (nSPS) is 19.4. The highest BCUT2D eigenvalue weighted by atomic mass is 35.5. The molecule has 2 saturated heterocycles. The Kier molecular flexibility index (Phi) is 4.95. The Morgan fingerprint density at radius 2 is 1.68 bits per heavy atom. The van der Waals surface area contributed by atoms with Gasteiger partial charge in [-0.3, -0.25) is 0 Å². The summed E-state index contributed by atoms with van der Waals surface area (Å²) < 4.78 is 1.95. The predicted molar refractivity (Wildman–Crippen MR) is 114 cm³/mol. The zero-order valence-electron chi connectivity index (χ0n) is 16.1. The van der Waals surface area contributed by atoms with E-state index in [1.54, 1.807) is 0 Å². The molecule has 5 nitrogen and oxygen atoms in total. The summed E-state index contributed by atoms with van der Waals surface area (Å²) >= 11 is 6.03. The van der Waals surface area contributed by atoms with Crippen molar-refractivity contribution in [3.05, 3.63) is 47.7 Å². The quantitative estimate of drug-likeness (QED) is 0.654. The van der Waals surface area contributed by atoms with Crippen molar-refractivity contribution in [1.82, 2.24) is 19.5 Å². The van der Waals surface area contributed by atoms with Crippen molar-refractivity contribution in [1.29, 1.82) is 0 Å². The number of aromatic nitrogens is 3. The molecule has 0 bridgehead atoms. The van der Waals surface area contributed by atoms with Crippen molar-refractivity contribution >= 4 is 22.9 Å². The largest absolute Gasteiger partial charge is 0.355 e. The van der Waals surface area contributed by atoms with Gasteiger partial charge in [-0.15, -0.1) is 0 Å². The molecule has 5 rings (SSSR count). The van der Waals surface area contributed by atoms with Crippen LogP contribution in [0.3, 0.4) is 0 Å². The smallest absolute Gasteiger partial charge is 0.154 e. The van der Waals surface area contributed by atoms with Crippen molar-refractivity contribution in [3.63, 3.8) is 0 Å². The Bertz CT molecular complexity index is 937. The fourth-order valence-corrected chi connectivity index (χ4v) is 4.77. The van der Waals surface area contributed by atoms with Crippen LogP contribution in [-0.4, -0.2) is 51.7 Å². The van der Waals surface area contributed by atoms with Crippen molar-refractivity contribution in [3.8, 4) is 11.3 Å². The fourth-order valence-electron chi connectivity index (χ4n) is 4.64. The van der Waals surface area contributed by atoms with Gasteiger partial charge < -0.3 is 9.80 Å². The second kappa shape index (κ2) is 7.72. The number of hydrogen-bond acceptors (Lipinski definition) is 4. The molecule has 0 radical (unpaired) electrons. The molecule has 3 aromatic rings. The summed E-state index contributed by atoms with van der Waals surface area (Å²) in [6.07, 6.45) is 10.4. The molecule has 2 aliphatic heterocycles. The monoisotopic (exact) mass is 395 g/mol. The van der Waals surface area contributed by atoms with Crippen LogP contribution in [0.5, 0.6) is 0 Å². The molecule has 6 heteroatoms. The molecule has 2 aliphatic rings. The number of halogens is 1. The Labute approximate surface area is 170 Å². The molecule has 28 heavy (non-hydrogen) atoms. The molecule has 2 fully saturated rings. The fraction of sp³-hybridized carbons (Fsp3) is 0.455. The van der Waals surface area contributed by atoms with Gasteiger partial charge in [0.25, 0.3) is 0 Å². The van der Waals surface area contributed by atoms with Crippen LogP contribution >= 0.6 is 11.6 Å². The van der Waals surface area contributed by atoms with Crippen LogP contribution in [0.15, 0.2) is 42.7 Å². The van der Waals surface area contributed by atoms with Gasteiger partial charge in [0.2, 0.25) is 0 Å². The molecule has 2 aromatic heterocycles. The number of likely N-dealkylation sites (tertiary alicyclic amines) is 1. The Balaban J connectivity index is 1.37. The first-order chi connectivity index (χ1) is 13.8. The van der Waals surface area contributed by atoms with Gasteiger partial charge in [-0.2, -0.15) is 5.10 Å². The summed E-state index contributed by atoms with van der Waals surface area (Å²) in [7, 11) is 0. The van der Waals surface area contributed by atoms with Gasteiger partial charge >= 0.3 is 0 Å². The minimum atomic E-state index is 0.742. The Morgan fingerprint density at radius 1 is 0.929 bits per heavy atom. The Morgan fingerprint density at radius 3 is 2.43 bits per heavy atom. The van der Waals surface area contributed by atoms with Gasteiger partial charge in [0, 0.05) is 42.1 Å². The number of anilines is 1. The zero-order valence-corrected chi connectivity index (χ0v) is 16.9. The number of nitrogens with zero attached hydrogens (tertiary/aromatic N) is 5. The van der Waals surface area contributed by atoms with E-state index in [-0.39, 0.29) is 0 Å². The molecule has 0 aliphatic carbocycles. The van der Waals surface area contributed by atoms with E-state index < -0.39 is 0 Å². The standard InChI is InChI=1S/C22H26ClN5/c23-18-6-4-17(5-7-18)20-16-21-22(24-10-15-28(21)25-20)27-13-8-19(9-14-27)26-11-2-1-3-12-26/h4-7,10,15-16,19H,1-3,8-9,11-14H2. The highest BCUT2D eigenvalue weighted by Crippen LogP contribution is 2.29. The van der Waals surface area contributed by atoms with Crippen molar-refractivity contribution in [2.24, 2.45) is 0 Å². The van der Waals surface area contributed by atoms with Gasteiger partial charge in [-0.1, -0.05) is 30.2 Å². The second-order valence-electron chi connectivity index (χ2n) is 7.93. The molecule has 0 spiro atoms. The van der Waals surface area contributed by atoms with E-state index in [1.807, 2.05) is 41.2 Å². The molecular formula is C22H26ClN5. The first kappa shape index (κ1) is 18.0. The summed E-state index contributed by atoms with van der Waals surface area (Å²) in [5.74, 6) is 1.05. The van der Waals surface area contributed by atoms with Crippen LogP contribution in [0.2, 0.25) is 5.02 Å². The summed E-state index contributed by atoms with van der Waals surface area (Å²) in [6.45, 7) is 4.70. The third-order valence-corrected chi connectivity index (χ3v) is 6.43. The van der Waals surface area contributed by atoms with Crippen LogP contribution in [-0.2, 0) is 0 Å².